The number of nitrogens with two attached hydrogens (primary N) is 1. The van der Waals surface area contributed by atoms with Crippen molar-refractivity contribution < 1.29 is 8.81 Å². The molecule has 1 aromatic carbocycles. The van der Waals surface area contributed by atoms with Crippen LogP contribution in [0.4, 0.5) is 4.39 Å². The summed E-state index contributed by atoms with van der Waals surface area (Å²) in [6, 6.07) is 5.39. The predicted octanol–water partition coefficient (Wildman–Crippen LogP) is 3.12. The van der Waals surface area contributed by atoms with Crippen LogP contribution in [0.3, 0.4) is 0 Å². The van der Waals surface area contributed by atoms with Crippen LogP contribution in [-0.2, 0) is 0 Å². The summed E-state index contributed by atoms with van der Waals surface area (Å²) >= 11 is 5.93. The number of benzene rings is 1. The highest BCUT2D eigenvalue weighted by Gasteiger charge is 2.14. The summed E-state index contributed by atoms with van der Waals surface area (Å²) in [6.07, 6.45) is 3.04. The second-order valence-corrected chi connectivity index (χ2v) is 3.61. The largest absolute Gasteiger partial charge is 0.472 e. The maximum Gasteiger partial charge on any atom is 0.123 e. The van der Waals surface area contributed by atoms with Crippen LogP contribution in [0.25, 0.3) is 0 Å². The maximum atomic E-state index is 13.0. The second kappa shape index (κ2) is 4.04. The first kappa shape index (κ1) is 10.2. The Morgan fingerprint density at radius 1 is 1.33 bits per heavy atom. The van der Waals surface area contributed by atoms with Gasteiger partial charge in [-0.2, -0.15) is 0 Å². The van der Waals surface area contributed by atoms with Gasteiger partial charge in [0.1, 0.15) is 5.82 Å². The van der Waals surface area contributed by atoms with E-state index in [0.717, 1.165) is 5.56 Å². The summed E-state index contributed by atoms with van der Waals surface area (Å²) < 4.78 is 17.9. The first-order chi connectivity index (χ1) is 7.18. The van der Waals surface area contributed by atoms with Gasteiger partial charge in [-0.3, -0.25) is 0 Å². The van der Waals surface area contributed by atoms with Gasteiger partial charge in [0.05, 0.1) is 18.6 Å². The van der Waals surface area contributed by atoms with Crippen LogP contribution in [0.15, 0.2) is 41.2 Å². The van der Waals surface area contributed by atoms with Gasteiger partial charge in [-0.15, -0.1) is 0 Å². The molecule has 0 amide bonds. The van der Waals surface area contributed by atoms with Crippen molar-refractivity contribution in [2.45, 2.75) is 6.04 Å². The van der Waals surface area contributed by atoms with E-state index in [0.29, 0.717) is 10.6 Å². The van der Waals surface area contributed by atoms with E-state index in [1.807, 2.05) is 0 Å². The van der Waals surface area contributed by atoms with Gasteiger partial charge in [-0.05, 0) is 29.8 Å². The molecule has 1 unspecified atom stereocenters. The number of furan rings is 1. The SMILES string of the molecule is NC(c1ccoc1)c1cc(F)ccc1Cl. The molecule has 0 aliphatic carbocycles. The number of hydrogen-bond acceptors (Lipinski definition) is 2. The molecule has 1 aromatic heterocycles. The van der Waals surface area contributed by atoms with Gasteiger partial charge < -0.3 is 10.2 Å². The highest BCUT2D eigenvalue weighted by atomic mass is 35.5. The van der Waals surface area contributed by atoms with Crippen LogP contribution >= 0.6 is 11.6 Å². The Labute approximate surface area is 91.5 Å². The highest BCUT2D eigenvalue weighted by Crippen LogP contribution is 2.27. The molecule has 0 fully saturated rings. The van der Waals surface area contributed by atoms with Crippen LogP contribution < -0.4 is 5.73 Å². The molecule has 4 heteroatoms. The zero-order valence-corrected chi connectivity index (χ0v) is 8.54. The van der Waals surface area contributed by atoms with E-state index in [4.69, 9.17) is 21.8 Å². The quantitative estimate of drug-likeness (QED) is 0.853. The molecule has 78 valence electrons. The number of hydrogen-bond donors (Lipinski definition) is 1. The zero-order chi connectivity index (χ0) is 10.8. The molecule has 15 heavy (non-hydrogen) atoms. The average molecular weight is 226 g/mol. The van der Waals surface area contributed by atoms with E-state index in [2.05, 4.69) is 0 Å². The smallest absolute Gasteiger partial charge is 0.123 e. The molecule has 0 spiro atoms. The summed E-state index contributed by atoms with van der Waals surface area (Å²) in [4.78, 5) is 0. The third-order valence-corrected chi connectivity index (χ3v) is 2.54. The molecule has 0 aliphatic rings. The maximum absolute atomic E-state index is 13.0. The van der Waals surface area contributed by atoms with E-state index < -0.39 is 6.04 Å². The van der Waals surface area contributed by atoms with Crippen molar-refractivity contribution >= 4 is 11.6 Å². The van der Waals surface area contributed by atoms with Crippen LogP contribution in [0.5, 0.6) is 0 Å². The molecule has 1 atom stereocenters. The molecule has 0 bridgehead atoms. The van der Waals surface area contributed by atoms with Crippen molar-refractivity contribution in [2.24, 2.45) is 5.73 Å². The van der Waals surface area contributed by atoms with Gasteiger partial charge in [-0.1, -0.05) is 11.6 Å². The standard InChI is InChI=1S/C11H9ClFNO/c12-10-2-1-8(13)5-9(10)11(14)7-3-4-15-6-7/h1-6,11H,14H2. The van der Waals surface area contributed by atoms with Crippen molar-refractivity contribution in [3.05, 3.63) is 58.8 Å². The Kier molecular flexibility index (Phi) is 2.75. The summed E-state index contributed by atoms with van der Waals surface area (Å²) in [7, 11) is 0. The molecule has 0 saturated carbocycles. The van der Waals surface area contributed by atoms with Crippen molar-refractivity contribution in [3.8, 4) is 0 Å². The third-order valence-electron chi connectivity index (χ3n) is 2.20. The Hall–Kier alpha value is -1.32. The van der Waals surface area contributed by atoms with E-state index in [1.54, 1.807) is 6.07 Å². The lowest BCUT2D eigenvalue weighted by Crippen LogP contribution is -2.11. The van der Waals surface area contributed by atoms with E-state index in [-0.39, 0.29) is 5.82 Å². The van der Waals surface area contributed by atoms with Gasteiger partial charge in [-0.25, -0.2) is 4.39 Å². The first-order valence-electron chi connectivity index (χ1n) is 4.41. The van der Waals surface area contributed by atoms with Gasteiger partial charge in [0.25, 0.3) is 0 Å². The minimum atomic E-state index is -0.466. The van der Waals surface area contributed by atoms with E-state index in [1.165, 1.54) is 30.7 Å². The topological polar surface area (TPSA) is 39.2 Å². The Balaban J connectivity index is 2.41. The lowest BCUT2D eigenvalue weighted by Gasteiger charge is -2.11. The van der Waals surface area contributed by atoms with Crippen LogP contribution in [0, 0.1) is 5.82 Å². The first-order valence-corrected chi connectivity index (χ1v) is 4.79. The number of halogens is 2. The number of rotatable bonds is 2. The fourth-order valence-corrected chi connectivity index (χ4v) is 1.62. The lowest BCUT2D eigenvalue weighted by molar-refractivity contribution is 0.561. The fraction of sp³-hybridized carbons (Fsp3) is 0.0909. The monoisotopic (exact) mass is 225 g/mol. The zero-order valence-electron chi connectivity index (χ0n) is 7.78. The molecule has 2 nitrogen and oxygen atoms in total. The van der Waals surface area contributed by atoms with E-state index in [9.17, 15) is 4.39 Å². The molecule has 0 aliphatic heterocycles. The average Bonchev–Trinajstić information content (AvgIpc) is 2.74. The third kappa shape index (κ3) is 2.03. The summed E-state index contributed by atoms with van der Waals surface area (Å²) in [5, 5.41) is 0.449. The fourth-order valence-electron chi connectivity index (χ4n) is 1.38. The normalized spacial score (nSPS) is 12.7. The van der Waals surface area contributed by atoms with Crippen molar-refractivity contribution in [1.29, 1.82) is 0 Å². The van der Waals surface area contributed by atoms with E-state index >= 15 is 0 Å². The highest BCUT2D eigenvalue weighted by molar-refractivity contribution is 6.31. The Morgan fingerprint density at radius 2 is 2.13 bits per heavy atom. The molecule has 0 saturated heterocycles. The Morgan fingerprint density at radius 3 is 2.80 bits per heavy atom. The minimum absolute atomic E-state index is 0.353. The summed E-state index contributed by atoms with van der Waals surface area (Å²) in [5.74, 6) is -0.353. The molecule has 2 aromatic rings. The minimum Gasteiger partial charge on any atom is -0.472 e. The molecule has 1 heterocycles. The van der Waals surface area contributed by atoms with Crippen LogP contribution in [0.2, 0.25) is 5.02 Å². The lowest BCUT2D eigenvalue weighted by atomic mass is 10.0. The van der Waals surface area contributed by atoms with Crippen molar-refractivity contribution in [1.82, 2.24) is 0 Å². The molecule has 0 radical (unpaired) electrons. The molecular formula is C11H9ClFNO. The van der Waals surface area contributed by atoms with Crippen LogP contribution in [0.1, 0.15) is 17.2 Å². The van der Waals surface area contributed by atoms with Gasteiger partial charge in [0, 0.05) is 10.6 Å². The second-order valence-electron chi connectivity index (χ2n) is 3.20. The van der Waals surface area contributed by atoms with Gasteiger partial charge in [0.2, 0.25) is 0 Å². The summed E-state index contributed by atoms with van der Waals surface area (Å²) in [6.45, 7) is 0. The van der Waals surface area contributed by atoms with Gasteiger partial charge in [0.15, 0.2) is 0 Å². The Bertz CT molecular complexity index is 456. The molecular weight excluding hydrogens is 217 g/mol. The van der Waals surface area contributed by atoms with Crippen LogP contribution in [-0.4, -0.2) is 0 Å². The van der Waals surface area contributed by atoms with Crippen molar-refractivity contribution in [3.63, 3.8) is 0 Å². The summed E-state index contributed by atoms with van der Waals surface area (Å²) in [5.41, 5.74) is 7.24. The van der Waals surface area contributed by atoms with Crippen molar-refractivity contribution in [2.75, 3.05) is 0 Å². The predicted molar refractivity (Wildman–Crippen MR) is 56.1 cm³/mol. The molecule has 2 rings (SSSR count). The molecule has 2 N–H and O–H groups in total. The van der Waals surface area contributed by atoms with Gasteiger partial charge >= 0.3 is 0 Å².